The van der Waals surface area contributed by atoms with Crippen molar-refractivity contribution in [2.24, 2.45) is 5.92 Å². The number of halogens is 1. The molecule has 1 aromatic heterocycles. The van der Waals surface area contributed by atoms with Crippen LogP contribution in [0.15, 0.2) is 6.07 Å². The van der Waals surface area contributed by atoms with E-state index in [0.717, 1.165) is 12.8 Å². The quantitative estimate of drug-likeness (QED) is 0.584. The second-order valence-electron chi connectivity index (χ2n) is 7.85. The van der Waals surface area contributed by atoms with E-state index in [2.05, 4.69) is 10.3 Å². The number of carbonyl (C=O) groups excluding carboxylic acids is 3. The van der Waals surface area contributed by atoms with Crippen molar-refractivity contribution in [2.45, 2.75) is 45.2 Å². The topological polar surface area (TPSA) is 91.8 Å². The van der Waals surface area contributed by atoms with Crippen molar-refractivity contribution in [1.82, 2.24) is 10.3 Å². The lowest BCUT2D eigenvalue weighted by Crippen LogP contribution is -2.45. The Labute approximate surface area is 168 Å². The van der Waals surface area contributed by atoms with Gasteiger partial charge in [-0.3, -0.25) is 14.4 Å². The van der Waals surface area contributed by atoms with Crippen molar-refractivity contribution >= 4 is 29.3 Å². The number of hydrogen-bond acceptors (Lipinski definition) is 7. The molecular formula is C20H25FN4O4. The largest absolute Gasteiger partial charge is 0.465 e. The van der Waals surface area contributed by atoms with Gasteiger partial charge in [-0.1, -0.05) is 0 Å². The average molecular weight is 404 g/mol. The first kappa shape index (κ1) is 19.6. The second-order valence-corrected chi connectivity index (χ2v) is 7.85. The van der Waals surface area contributed by atoms with Crippen molar-refractivity contribution in [3.05, 3.63) is 17.4 Å². The third-order valence-corrected chi connectivity index (χ3v) is 5.62. The van der Waals surface area contributed by atoms with Gasteiger partial charge in [-0.25, -0.2) is 9.37 Å². The summed E-state index contributed by atoms with van der Waals surface area (Å²) < 4.78 is 20.0. The zero-order valence-corrected chi connectivity index (χ0v) is 16.6. The average Bonchev–Trinajstić information content (AvgIpc) is 3.41. The Morgan fingerprint density at radius 1 is 1.28 bits per heavy atom. The van der Waals surface area contributed by atoms with Gasteiger partial charge in [-0.15, -0.1) is 0 Å². The first-order valence-electron chi connectivity index (χ1n) is 10.1. The minimum Gasteiger partial charge on any atom is -0.465 e. The summed E-state index contributed by atoms with van der Waals surface area (Å²) in [7, 11) is 0. The van der Waals surface area contributed by atoms with Gasteiger partial charge >= 0.3 is 5.97 Å². The maximum absolute atomic E-state index is 14.9. The Hall–Kier alpha value is -2.71. The molecule has 156 valence electrons. The number of nitrogens with zero attached hydrogens (tertiary/aromatic N) is 3. The van der Waals surface area contributed by atoms with Gasteiger partial charge in [0.15, 0.2) is 17.4 Å². The number of ether oxygens (including phenoxy) is 1. The Bertz CT molecular complexity index is 857. The van der Waals surface area contributed by atoms with Crippen LogP contribution >= 0.6 is 0 Å². The van der Waals surface area contributed by atoms with E-state index >= 15 is 0 Å². The number of anilines is 2. The molecule has 1 aromatic rings. The summed E-state index contributed by atoms with van der Waals surface area (Å²) in [4.78, 5) is 44.7. The number of aromatic nitrogens is 1. The molecule has 0 aromatic carbocycles. The predicted molar refractivity (Wildman–Crippen MR) is 103 cm³/mol. The van der Waals surface area contributed by atoms with E-state index in [1.165, 1.54) is 13.0 Å². The lowest BCUT2D eigenvalue weighted by molar-refractivity contribution is -0.146. The molecule has 1 saturated heterocycles. The predicted octanol–water partition coefficient (Wildman–Crippen LogP) is 1.28. The van der Waals surface area contributed by atoms with Gasteiger partial charge in [0.1, 0.15) is 11.7 Å². The lowest BCUT2D eigenvalue weighted by atomic mass is 9.92. The van der Waals surface area contributed by atoms with Gasteiger partial charge in [-0.05, 0) is 32.3 Å². The maximum Gasteiger partial charge on any atom is 0.318 e. The highest BCUT2D eigenvalue weighted by Gasteiger charge is 2.44. The van der Waals surface area contributed by atoms with Crippen LogP contribution in [0.1, 0.15) is 43.5 Å². The van der Waals surface area contributed by atoms with Gasteiger partial charge in [0.05, 0.1) is 12.2 Å². The molecule has 9 heteroatoms. The van der Waals surface area contributed by atoms with Gasteiger partial charge in [0.2, 0.25) is 5.91 Å². The maximum atomic E-state index is 14.9. The number of esters is 1. The van der Waals surface area contributed by atoms with E-state index in [1.54, 1.807) is 11.8 Å². The zero-order chi connectivity index (χ0) is 20.7. The third kappa shape index (κ3) is 3.77. The monoisotopic (exact) mass is 404 g/mol. The van der Waals surface area contributed by atoms with Crippen LogP contribution in [0.3, 0.4) is 0 Å². The van der Waals surface area contributed by atoms with Crippen LogP contribution in [0.2, 0.25) is 0 Å². The van der Waals surface area contributed by atoms with Crippen LogP contribution in [-0.2, 0) is 14.3 Å². The summed E-state index contributed by atoms with van der Waals surface area (Å²) in [6.07, 6.45) is 2.60. The fourth-order valence-corrected chi connectivity index (χ4v) is 4.14. The van der Waals surface area contributed by atoms with Crippen LogP contribution < -0.4 is 15.1 Å². The molecule has 4 rings (SSSR count). The van der Waals surface area contributed by atoms with Gasteiger partial charge in [-0.2, -0.15) is 0 Å². The standard InChI is InChI=1S/C20H25FN4O4/c1-3-29-20(28)15-10-25(13-4-5-13)18-14(17(15)27)8-16(21)19(23-18)24-7-6-12(9-24)22-11(2)26/h8,12-13,15H,3-7,9-10H2,1-2H3,(H,22,26). The summed E-state index contributed by atoms with van der Waals surface area (Å²) in [5.74, 6) is -2.05. The van der Waals surface area contributed by atoms with E-state index in [9.17, 15) is 18.8 Å². The number of carbonyl (C=O) groups is 3. The molecule has 1 N–H and O–H groups in total. The van der Waals surface area contributed by atoms with Gasteiger partial charge < -0.3 is 19.9 Å². The van der Waals surface area contributed by atoms with Crippen molar-refractivity contribution in [3.63, 3.8) is 0 Å². The van der Waals surface area contributed by atoms with Crippen LogP contribution in [-0.4, -0.2) is 61.0 Å². The molecule has 0 bridgehead atoms. The number of rotatable bonds is 5. The van der Waals surface area contributed by atoms with E-state index in [1.807, 2.05) is 4.90 Å². The number of nitrogens with one attached hydrogen (secondary N) is 1. The summed E-state index contributed by atoms with van der Waals surface area (Å²) in [6, 6.07) is 1.35. The Kier molecular flexibility index (Phi) is 5.14. The minimum absolute atomic E-state index is 0.0564. The first-order valence-corrected chi connectivity index (χ1v) is 10.1. The fraction of sp³-hybridized carbons (Fsp3) is 0.600. The molecule has 2 aliphatic heterocycles. The number of ketones is 1. The summed E-state index contributed by atoms with van der Waals surface area (Å²) in [5.41, 5.74) is 0.139. The second kappa shape index (κ2) is 7.61. The molecule has 2 atom stereocenters. The van der Waals surface area contributed by atoms with Gasteiger partial charge in [0, 0.05) is 38.6 Å². The fourth-order valence-electron chi connectivity index (χ4n) is 4.14. The third-order valence-electron chi connectivity index (χ3n) is 5.62. The Morgan fingerprint density at radius 3 is 2.69 bits per heavy atom. The first-order chi connectivity index (χ1) is 13.9. The van der Waals surface area contributed by atoms with Crippen LogP contribution in [0.25, 0.3) is 0 Å². The number of hydrogen-bond donors (Lipinski definition) is 1. The zero-order valence-electron chi connectivity index (χ0n) is 16.6. The highest BCUT2D eigenvalue weighted by Crippen LogP contribution is 2.39. The molecular weight excluding hydrogens is 379 g/mol. The summed E-state index contributed by atoms with van der Waals surface area (Å²) in [6.45, 7) is 4.58. The molecule has 1 amide bonds. The molecule has 3 heterocycles. The normalized spacial score (nSPS) is 23.8. The summed E-state index contributed by atoms with van der Waals surface area (Å²) >= 11 is 0. The number of fused-ring (bicyclic) bond motifs is 1. The molecule has 0 spiro atoms. The molecule has 0 radical (unpaired) electrons. The van der Waals surface area contributed by atoms with Gasteiger partial charge in [0.25, 0.3) is 0 Å². The van der Waals surface area contributed by atoms with E-state index in [0.29, 0.717) is 25.3 Å². The molecule has 2 unspecified atom stereocenters. The van der Waals surface area contributed by atoms with Crippen molar-refractivity contribution in [3.8, 4) is 0 Å². The van der Waals surface area contributed by atoms with E-state index in [-0.39, 0.29) is 42.5 Å². The molecule has 1 aliphatic carbocycles. The summed E-state index contributed by atoms with van der Waals surface area (Å²) in [5, 5.41) is 2.85. The molecule has 2 fully saturated rings. The van der Waals surface area contributed by atoms with Crippen LogP contribution in [0.5, 0.6) is 0 Å². The highest BCUT2D eigenvalue weighted by molar-refractivity contribution is 6.13. The van der Waals surface area contributed by atoms with Crippen molar-refractivity contribution < 1.29 is 23.5 Å². The Morgan fingerprint density at radius 2 is 2.03 bits per heavy atom. The van der Waals surface area contributed by atoms with Crippen LogP contribution in [0.4, 0.5) is 16.0 Å². The van der Waals surface area contributed by atoms with E-state index < -0.39 is 23.5 Å². The molecule has 29 heavy (non-hydrogen) atoms. The molecule has 1 saturated carbocycles. The SMILES string of the molecule is CCOC(=O)C1CN(C2CC2)c2nc(N3CCC(NC(C)=O)C3)c(F)cc2C1=O. The van der Waals surface area contributed by atoms with Crippen LogP contribution in [0, 0.1) is 11.7 Å². The molecule has 8 nitrogen and oxygen atoms in total. The number of pyridine rings is 1. The molecule has 3 aliphatic rings. The Balaban J connectivity index is 1.65. The van der Waals surface area contributed by atoms with Crippen molar-refractivity contribution in [2.75, 3.05) is 36.0 Å². The van der Waals surface area contributed by atoms with Crippen molar-refractivity contribution in [1.29, 1.82) is 0 Å². The minimum atomic E-state index is -0.953. The highest BCUT2D eigenvalue weighted by atomic mass is 19.1. The smallest absolute Gasteiger partial charge is 0.318 e. The lowest BCUT2D eigenvalue weighted by Gasteiger charge is -2.34. The van der Waals surface area contributed by atoms with E-state index in [4.69, 9.17) is 4.74 Å². The number of Topliss-reactive ketones (excluding diaryl/α,β-unsaturated/α-hetero) is 1. The number of amides is 1.